The molecular weight excluding hydrogens is 482 g/mol. The molecule has 0 aliphatic heterocycles. The van der Waals surface area contributed by atoms with Crippen molar-refractivity contribution in [1.82, 2.24) is 0 Å². The van der Waals surface area contributed by atoms with Gasteiger partial charge in [0.1, 0.15) is 24.1 Å². The first kappa shape index (κ1) is 31.1. The van der Waals surface area contributed by atoms with Crippen molar-refractivity contribution < 1.29 is 38.4 Å². The maximum Gasteiger partial charge on any atom is 0.263 e. The molecular formula is C29H42F2O6. The summed E-state index contributed by atoms with van der Waals surface area (Å²) in [5.41, 5.74) is -0.954. The number of Topliss-reactive ketones (excluding diaryl/α,β-unsaturated/α-hetero) is 1. The number of aliphatic hydroxyl groups excluding tert-OH is 3. The molecule has 0 amide bonds. The van der Waals surface area contributed by atoms with Crippen molar-refractivity contribution in [1.29, 1.82) is 0 Å². The molecule has 5 atom stereocenters. The van der Waals surface area contributed by atoms with Gasteiger partial charge < -0.3 is 24.8 Å². The van der Waals surface area contributed by atoms with Gasteiger partial charge in [0.15, 0.2) is 5.78 Å². The number of unbranched alkanes of at least 4 members (excludes halogenated alkanes) is 1. The average molecular weight is 525 g/mol. The molecule has 0 bridgehead atoms. The first-order valence-electron chi connectivity index (χ1n) is 13.0. The molecule has 0 spiro atoms. The zero-order valence-electron chi connectivity index (χ0n) is 22.2. The number of carbonyl (C=O) groups excluding carboxylic acids is 1. The summed E-state index contributed by atoms with van der Waals surface area (Å²) < 4.78 is 36.8. The molecule has 2 rings (SSSR count). The summed E-state index contributed by atoms with van der Waals surface area (Å²) in [7, 11) is 0. The van der Waals surface area contributed by atoms with Crippen LogP contribution in [0, 0.1) is 11.8 Å². The van der Waals surface area contributed by atoms with Crippen LogP contribution in [0.4, 0.5) is 8.78 Å². The van der Waals surface area contributed by atoms with Crippen molar-refractivity contribution >= 4 is 5.78 Å². The van der Waals surface area contributed by atoms with E-state index in [0.717, 1.165) is 6.42 Å². The highest BCUT2D eigenvalue weighted by atomic mass is 19.3. The molecule has 6 nitrogen and oxygen atoms in total. The topological polar surface area (TPSA) is 96.2 Å². The van der Waals surface area contributed by atoms with E-state index in [1.54, 1.807) is 19.9 Å². The van der Waals surface area contributed by atoms with Gasteiger partial charge >= 0.3 is 0 Å². The van der Waals surface area contributed by atoms with Crippen LogP contribution in [-0.4, -0.2) is 57.7 Å². The van der Waals surface area contributed by atoms with E-state index in [1.807, 2.05) is 26.0 Å². The Kier molecular flexibility index (Phi) is 12.4. The third-order valence-electron chi connectivity index (χ3n) is 6.55. The zero-order chi connectivity index (χ0) is 27.6. The predicted octanol–water partition coefficient (Wildman–Crippen LogP) is 5.17. The second kappa shape index (κ2) is 14.7. The summed E-state index contributed by atoms with van der Waals surface area (Å²) in [6.45, 7) is 7.26. The van der Waals surface area contributed by atoms with Crippen LogP contribution in [-0.2, 0) is 9.53 Å². The molecule has 0 saturated heterocycles. The van der Waals surface area contributed by atoms with Crippen LogP contribution >= 0.6 is 0 Å². The van der Waals surface area contributed by atoms with Crippen molar-refractivity contribution in [3.63, 3.8) is 0 Å². The molecule has 1 aromatic carbocycles. The maximum absolute atomic E-state index is 12.8. The minimum Gasteiger partial charge on any atom is -0.491 e. The van der Waals surface area contributed by atoms with E-state index in [9.17, 15) is 28.9 Å². The number of alkyl halides is 2. The van der Waals surface area contributed by atoms with Gasteiger partial charge in [-0.3, -0.25) is 4.79 Å². The summed E-state index contributed by atoms with van der Waals surface area (Å²) in [6.07, 6.45) is 4.76. The lowest BCUT2D eigenvalue weighted by atomic mass is 9.89. The Bertz CT molecular complexity index is 898. The summed E-state index contributed by atoms with van der Waals surface area (Å²) in [5.74, 6) is -0.244. The molecule has 3 N–H and O–H groups in total. The summed E-state index contributed by atoms with van der Waals surface area (Å²) in [5, 5.41) is 31.1. The SMILES string of the molecule is CC(C)OC(C)(C)C(=O)CCC/C=C/C[C@H]1[C@H](/C=C/[C@H](O)COc2cccc(C(F)F)c2)[C@@H](O)C[C@H]1O. The maximum atomic E-state index is 12.8. The van der Waals surface area contributed by atoms with E-state index in [1.165, 1.54) is 30.3 Å². The molecule has 208 valence electrons. The number of hydrogen-bond donors (Lipinski definition) is 3. The predicted molar refractivity (Wildman–Crippen MR) is 139 cm³/mol. The van der Waals surface area contributed by atoms with Gasteiger partial charge in [-0.05, 0) is 65.0 Å². The fourth-order valence-electron chi connectivity index (χ4n) is 4.65. The molecule has 8 heteroatoms. The molecule has 1 aliphatic rings. The average Bonchev–Trinajstić information content (AvgIpc) is 3.09. The van der Waals surface area contributed by atoms with Crippen LogP contribution < -0.4 is 4.74 Å². The standard InChI is InChI=1S/C29H42F2O6/c1-19(2)37-29(3,4)27(35)13-8-6-5-7-12-23-24(26(34)17-25(23)33)15-14-21(32)18-36-22-11-9-10-20(16-22)28(30)31/h5,7,9-11,14-16,19,21,23-26,28,32-34H,6,8,12-13,17-18H2,1-4H3/b7-5+,15-14+/t21-,23-,24-,25+,26-/m0/s1. The molecule has 1 aliphatic carbocycles. The molecule has 37 heavy (non-hydrogen) atoms. The molecule has 0 radical (unpaired) electrons. The van der Waals surface area contributed by atoms with Gasteiger partial charge in [-0.15, -0.1) is 0 Å². The molecule has 1 fully saturated rings. The van der Waals surface area contributed by atoms with Crippen LogP contribution in [0.1, 0.15) is 71.8 Å². The summed E-state index contributed by atoms with van der Waals surface area (Å²) in [6, 6.07) is 5.54. The van der Waals surface area contributed by atoms with Crippen molar-refractivity contribution in [2.24, 2.45) is 11.8 Å². The fourth-order valence-corrected chi connectivity index (χ4v) is 4.65. The molecule has 0 unspecified atom stereocenters. The van der Waals surface area contributed by atoms with Crippen molar-refractivity contribution in [2.45, 2.75) is 96.2 Å². The molecule has 0 heterocycles. The van der Waals surface area contributed by atoms with Gasteiger partial charge in [-0.1, -0.05) is 36.4 Å². The Balaban J connectivity index is 1.81. The second-order valence-electron chi connectivity index (χ2n) is 10.4. The van der Waals surface area contributed by atoms with E-state index in [-0.39, 0.29) is 48.1 Å². The first-order valence-corrected chi connectivity index (χ1v) is 13.0. The van der Waals surface area contributed by atoms with Gasteiger partial charge in [0.25, 0.3) is 6.43 Å². The molecule has 1 aromatic rings. The number of aliphatic hydroxyl groups is 3. The lowest BCUT2D eigenvalue weighted by Gasteiger charge is -2.26. The quantitative estimate of drug-likeness (QED) is 0.217. The first-order chi connectivity index (χ1) is 17.4. The van der Waals surface area contributed by atoms with Gasteiger partial charge in [0.2, 0.25) is 0 Å². The Morgan fingerprint density at radius 2 is 1.92 bits per heavy atom. The van der Waals surface area contributed by atoms with E-state index in [4.69, 9.17) is 9.47 Å². The minimum absolute atomic E-state index is 0.0207. The van der Waals surface area contributed by atoms with Crippen LogP contribution in [0.2, 0.25) is 0 Å². The van der Waals surface area contributed by atoms with Gasteiger partial charge in [0, 0.05) is 24.3 Å². The smallest absolute Gasteiger partial charge is 0.263 e. The van der Waals surface area contributed by atoms with Gasteiger partial charge in [0.05, 0.1) is 18.3 Å². The highest BCUT2D eigenvalue weighted by molar-refractivity contribution is 5.86. The Morgan fingerprint density at radius 1 is 1.19 bits per heavy atom. The lowest BCUT2D eigenvalue weighted by Crippen LogP contribution is -2.37. The number of ketones is 1. The minimum atomic E-state index is -2.60. The highest BCUT2D eigenvalue weighted by Crippen LogP contribution is 2.36. The van der Waals surface area contributed by atoms with E-state index in [2.05, 4.69) is 0 Å². The number of ether oxygens (including phenoxy) is 2. The van der Waals surface area contributed by atoms with Crippen molar-refractivity contribution in [2.75, 3.05) is 6.61 Å². The fraction of sp³-hybridized carbons (Fsp3) is 0.621. The monoisotopic (exact) mass is 524 g/mol. The summed E-state index contributed by atoms with van der Waals surface area (Å²) >= 11 is 0. The zero-order valence-corrected chi connectivity index (χ0v) is 22.2. The molecule has 1 saturated carbocycles. The van der Waals surface area contributed by atoms with Crippen molar-refractivity contribution in [3.05, 3.63) is 54.1 Å². The lowest BCUT2D eigenvalue weighted by molar-refractivity contribution is -0.145. The van der Waals surface area contributed by atoms with Crippen LogP contribution in [0.5, 0.6) is 5.75 Å². The van der Waals surface area contributed by atoms with Crippen LogP contribution in [0.15, 0.2) is 48.6 Å². The molecule has 0 aromatic heterocycles. The number of halogens is 2. The Labute approximate surface area is 219 Å². The third kappa shape index (κ3) is 10.3. The van der Waals surface area contributed by atoms with Crippen LogP contribution in [0.25, 0.3) is 0 Å². The number of carbonyl (C=O) groups is 1. The largest absolute Gasteiger partial charge is 0.491 e. The second-order valence-corrected chi connectivity index (χ2v) is 10.4. The van der Waals surface area contributed by atoms with Gasteiger partial charge in [-0.2, -0.15) is 0 Å². The van der Waals surface area contributed by atoms with Crippen molar-refractivity contribution in [3.8, 4) is 5.75 Å². The normalized spacial score (nSPS) is 23.5. The number of allylic oxidation sites excluding steroid dienone is 2. The van der Waals surface area contributed by atoms with E-state index >= 15 is 0 Å². The summed E-state index contributed by atoms with van der Waals surface area (Å²) in [4.78, 5) is 12.4. The number of hydrogen-bond acceptors (Lipinski definition) is 6. The van der Waals surface area contributed by atoms with Crippen LogP contribution in [0.3, 0.4) is 0 Å². The Morgan fingerprint density at radius 3 is 2.59 bits per heavy atom. The highest BCUT2D eigenvalue weighted by Gasteiger charge is 2.39. The number of benzene rings is 1. The number of rotatable bonds is 15. The Hall–Kier alpha value is -2.13. The van der Waals surface area contributed by atoms with E-state index in [0.29, 0.717) is 19.3 Å². The van der Waals surface area contributed by atoms with E-state index < -0.39 is 30.3 Å². The van der Waals surface area contributed by atoms with Gasteiger partial charge in [-0.25, -0.2) is 8.78 Å². The third-order valence-corrected chi connectivity index (χ3v) is 6.55.